The van der Waals surface area contributed by atoms with Crippen molar-refractivity contribution < 1.29 is 9.18 Å². The predicted molar refractivity (Wildman–Crippen MR) is 85.5 cm³/mol. The maximum Gasteiger partial charge on any atom is 0.315 e. The number of aryl methyl sites for hydroxylation is 1. The van der Waals surface area contributed by atoms with Gasteiger partial charge in [-0.1, -0.05) is 12.1 Å². The summed E-state index contributed by atoms with van der Waals surface area (Å²) in [5, 5.41) is 10.1. The number of carbonyl (C=O) groups is 1. The quantitative estimate of drug-likeness (QED) is 0.910. The van der Waals surface area contributed by atoms with Gasteiger partial charge in [-0.3, -0.25) is 4.68 Å². The number of urea groups is 1. The minimum atomic E-state index is -0.252. The lowest BCUT2D eigenvalue weighted by Gasteiger charge is -2.24. The van der Waals surface area contributed by atoms with E-state index in [0.717, 1.165) is 30.4 Å². The van der Waals surface area contributed by atoms with Crippen molar-refractivity contribution in [1.29, 1.82) is 0 Å². The van der Waals surface area contributed by atoms with E-state index >= 15 is 0 Å². The zero-order valence-electron chi connectivity index (χ0n) is 13.2. The molecule has 2 amide bonds. The van der Waals surface area contributed by atoms with Crippen LogP contribution in [0.2, 0.25) is 0 Å². The Labute approximate surface area is 134 Å². The second-order valence-electron chi connectivity index (χ2n) is 5.90. The van der Waals surface area contributed by atoms with Crippen molar-refractivity contribution in [2.24, 2.45) is 7.05 Å². The Morgan fingerprint density at radius 3 is 3.17 bits per heavy atom. The molecule has 1 atom stereocenters. The fourth-order valence-electron chi connectivity index (χ4n) is 3.08. The highest BCUT2D eigenvalue weighted by molar-refractivity contribution is 5.74. The Balaban J connectivity index is 1.50. The number of aromatic nitrogens is 2. The third kappa shape index (κ3) is 3.70. The van der Waals surface area contributed by atoms with Crippen molar-refractivity contribution in [3.05, 3.63) is 53.1 Å². The molecule has 3 rings (SSSR count). The van der Waals surface area contributed by atoms with Crippen LogP contribution in [-0.2, 0) is 19.9 Å². The van der Waals surface area contributed by atoms with Crippen LogP contribution in [0.15, 0.2) is 30.5 Å². The summed E-state index contributed by atoms with van der Waals surface area (Å²) in [5.74, 6) is -0.252. The van der Waals surface area contributed by atoms with Gasteiger partial charge in [-0.2, -0.15) is 5.10 Å². The van der Waals surface area contributed by atoms with Gasteiger partial charge in [-0.25, -0.2) is 9.18 Å². The fraction of sp³-hybridized carbons (Fsp3) is 0.412. The lowest BCUT2D eigenvalue weighted by Crippen LogP contribution is -2.39. The summed E-state index contributed by atoms with van der Waals surface area (Å²) in [7, 11) is 1.93. The number of carbonyl (C=O) groups excluding carboxylic acids is 1. The number of fused-ring (bicyclic) bond motifs is 1. The van der Waals surface area contributed by atoms with E-state index < -0.39 is 0 Å². The van der Waals surface area contributed by atoms with Gasteiger partial charge in [-0.05, 0) is 43.4 Å². The van der Waals surface area contributed by atoms with Crippen molar-refractivity contribution in [3.8, 4) is 0 Å². The molecule has 1 heterocycles. The zero-order valence-corrected chi connectivity index (χ0v) is 13.2. The number of benzene rings is 1. The lowest BCUT2D eigenvalue weighted by atomic mass is 9.93. The van der Waals surface area contributed by atoms with Crippen LogP contribution in [0.4, 0.5) is 9.18 Å². The van der Waals surface area contributed by atoms with Gasteiger partial charge in [0.1, 0.15) is 5.82 Å². The molecular weight excluding hydrogens is 295 g/mol. The van der Waals surface area contributed by atoms with E-state index in [4.69, 9.17) is 0 Å². The highest BCUT2D eigenvalue weighted by atomic mass is 19.1. The molecule has 1 aliphatic rings. The Hall–Kier alpha value is -2.37. The third-order valence-corrected chi connectivity index (χ3v) is 4.27. The van der Waals surface area contributed by atoms with Crippen LogP contribution in [0.5, 0.6) is 0 Å². The zero-order chi connectivity index (χ0) is 16.2. The Morgan fingerprint density at radius 2 is 2.35 bits per heavy atom. The van der Waals surface area contributed by atoms with Gasteiger partial charge in [0.15, 0.2) is 0 Å². The molecule has 122 valence electrons. The Morgan fingerprint density at radius 1 is 1.48 bits per heavy atom. The standard InChI is InChI=1S/C17H21FN4O/c1-22-16-7-3-6-15(14(16)11-20-22)21-17(23)19-9-8-12-4-2-5-13(18)10-12/h2,4-5,10-11,15H,3,6-9H2,1H3,(H2,19,21,23). The normalized spacial score (nSPS) is 16.7. The molecule has 0 radical (unpaired) electrons. The average molecular weight is 316 g/mol. The molecule has 0 saturated carbocycles. The first-order valence-corrected chi connectivity index (χ1v) is 7.93. The molecule has 0 spiro atoms. The van der Waals surface area contributed by atoms with E-state index in [9.17, 15) is 9.18 Å². The second kappa shape index (κ2) is 6.81. The van der Waals surface area contributed by atoms with Gasteiger partial charge >= 0.3 is 6.03 Å². The van der Waals surface area contributed by atoms with Crippen molar-refractivity contribution in [1.82, 2.24) is 20.4 Å². The molecule has 1 unspecified atom stereocenters. The van der Waals surface area contributed by atoms with Gasteiger partial charge in [0.2, 0.25) is 0 Å². The molecule has 2 aromatic rings. The number of nitrogens with zero attached hydrogens (tertiary/aromatic N) is 2. The molecule has 0 aliphatic heterocycles. The van der Waals surface area contributed by atoms with Crippen LogP contribution in [-0.4, -0.2) is 22.4 Å². The Kier molecular flexibility index (Phi) is 4.60. The average Bonchev–Trinajstić information content (AvgIpc) is 2.90. The van der Waals surface area contributed by atoms with Crippen molar-refractivity contribution >= 4 is 6.03 Å². The maximum absolute atomic E-state index is 13.1. The van der Waals surface area contributed by atoms with Crippen LogP contribution < -0.4 is 10.6 Å². The molecule has 23 heavy (non-hydrogen) atoms. The van der Waals surface area contributed by atoms with Gasteiger partial charge in [0, 0.05) is 24.8 Å². The molecule has 0 saturated heterocycles. The maximum atomic E-state index is 13.1. The van der Waals surface area contributed by atoms with Gasteiger partial charge in [0.25, 0.3) is 0 Å². The number of nitrogens with one attached hydrogen (secondary N) is 2. The molecule has 6 heteroatoms. The van der Waals surface area contributed by atoms with Crippen LogP contribution >= 0.6 is 0 Å². The molecule has 1 aromatic carbocycles. The Bertz CT molecular complexity index is 698. The van der Waals surface area contributed by atoms with E-state index in [1.54, 1.807) is 6.07 Å². The van der Waals surface area contributed by atoms with E-state index in [-0.39, 0.29) is 17.9 Å². The van der Waals surface area contributed by atoms with Crippen LogP contribution in [0.1, 0.15) is 35.7 Å². The van der Waals surface area contributed by atoms with E-state index in [1.807, 2.05) is 24.0 Å². The number of rotatable bonds is 4. The highest BCUT2D eigenvalue weighted by Gasteiger charge is 2.24. The van der Waals surface area contributed by atoms with Gasteiger partial charge < -0.3 is 10.6 Å². The minimum Gasteiger partial charge on any atom is -0.338 e. The summed E-state index contributed by atoms with van der Waals surface area (Å²) in [6.45, 7) is 0.474. The molecule has 5 nitrogen and oxygen atoms in total. The molecule has 0 fully saturated rings. The van der Waals surface area contributed by atoms with E-state index in [2.05, 4.69) is 15.7 Å². The summed E-state index contributed by atoms with van der Waals surface area (Å²) in [5.41, 5.74) is 3.18. The summed E-state index contributed by atoms with van der Waals surface area (Å²) < 4.78 is 15.0. The first-order valence-electron chi connectivity index (χ1n) is 7.93. The largest absolute Gasteiger partial charge is 0.338 e. The molecule has 1 aromatic heterocycles. The van der Waals surface area contributed by atoms with Crippen LogP contribution in [0.3, 0.4) is 0 Å². The molecule has 1 aliphatic carbocycles. The highest BCUT2D eigenvalue weighted by Crippen LogP contribution is 2.28. The van der Waals surface area contributed by atoms with Crippen molar-refractivity contribution in [2.45, 2.75) is 31.7 Å². The SMILES string of the molecule is Cn1ncc2c1CCCC2NC(=O)NCCc1cccc(F)c1. The van der Waals surface area contributed by atoms with E-state index in [0.29, 0.717) is 13.0 Å². The first-order chi connectivity index (χ1) is 11.1. The smallest absolute Gasteiger partial charge is 0.315 e. The van der Waals surface area contributed by atoms with Gasteiger partial charge in [-0.15, -0.1) is 0 Å². The van der Waals surface area contributed by atoms with Crippen LogP contribution in [0.25, 0.3) is 0 Å². The first kappa shape index (κ1) is 15.5. The fourth-order valence-corrected chi connectivity index (χ4v) is 3.08. The van der Waals surface area contributed by atoms with E-state index in [1.165, 1.54) is 17.8 Å². The summed E-state index contributed by atoms with van der Waals surface area (Å²) in [6, 6.07) is 6.26. The second-order valence-corrected chi connectivity index (χ2v) is 5.90. The molecule has 0 bridgehead atoms. The van der Waals surface area contributed by atoms with Crippen molar-refractivity contribution in [3.63, 3.8) is 0 Å². The number of hydrogen-bond acceptors (Lipinski definition) is 2. The predicted octanol–water partition coefficient (Wildman–Crippen LogP) is 2.48. The number of hydrogen-bond donors (Lipinski definition) is 2. The van der Waals surface area contributed by atoms with Crippen molar-refractivity contribution in [2.75, 3.05) is 6.54 Å². The molecule has 2 N–H and O–H groups in total. The molecular formula is C17H21FN4O. The number of halogens is 1. The van der Waals surface area contributed by atoms with Gasteiger partial charge in [0.05, 0.1) is 12.2 Å². The monoisotopic (exact) mass is 316 g/mol. The number of amides is 2. The third-order valence-electron chi connectivity index (χ3n) is 4.27. The summed E-state index contributed by atoms with van der Waals surface area (Å²) >= 11 is 0. The lowest BCUT2D eigenvalue weighted by molar-refractivity contribution is 0.235. The topological polar surface area (TPSA) is 59.0 Å². The summed E-state index contributed by atoms with van der Waals surface area (Å²) in [4.78, 5) is 12.1. The van der Waals surface area contributed by atoms with Crippen LogP contribution in [0, 0.1) is 5.82 Å². The summed E-state index contributed by atoms with van der Waals surface area (Å²) in [6.07, 6.45) is 5.42. The minimum absolute atomic E-state index is 0.0154.